The molecular formula is C12H27NOS. The Morgan fingerprint density at radius 3 is 2.13 bits per heavy atom. The Kier molecular flexibility index (Phi) is 8.58. The zero-order valence-electron chi connectivity index (χ0n) is 10.9. The summed E-state index contributed by atoms with van der Waals surface area (Å²) in [6.07, 6.45) is -0.220. The van der Waals surface area contributed by atoms with Crippen LogP contribution in [0.5, 0.6) is 0 Å². The summed E-state index contributed by atoms with van der Waals surface area (Å²) >= 11 is 2.01. The Balaban J connectivity index is 3.67. The fourth-order valence-corrected chi connectivity index (χ4v) is 2.40. The van der Waals surface area contributed by atoms with Crippen LogP contribution in [0.4, 0.5) is 0 Å². The predicted molar refractivity (Wildman–Crippen MR) is 70.6 cm³/mol. The van der Waals surface area contributed by atoms with Gasteiger partial charge in [0, 0.05) is 24.9 Å². The number of nitrogens with zero attached hydrogens (tertiary/aromatic N) is 1. The van der Waals surface area contributed by atoms with Crippen LogP contribution >= 0.6 is 11.8 Å². The highest BCUT2D eigenvalue weighted by Gasteiger charge is 2.11. The molecule has 0 aromatic carbocycles. The lowest BCUT2D eigenvalue weighted by Gasteiger charge is -2.27. The Bertz CT molecular complexity index is 149. The molecule has 0 rings (SSSR count). The van der Waals surface area contributed by atoms with Crippen LogP contribution in [-0.2, 0) is 0 Å². The Hall–Kier alpha value is 0.270. The smallest absolute Gasteiger partial charge is 0.0639 e. The van der Waals surface area contributed by atoms with Gasteiger partial charge in [0.1, 0.15) is 0 Å². The molecule has 0 fully saturated rings. The maximum Gasteiger partial charge on any atom is 0.0639 e. The first-order valence-corrected chi connectivity index (χ1v) is 7.08. The van der Waals surface area contributed by atoms with Crippen molar-refractivity contribution in [2.75, 3.05) is 24.6 Å². The highest BCUT2D eigenvalue weighted by Crippen LogP contribution is 2.09. The molecule has 0 aromatic heterocycles. The number of rotatable bonds is 8. The Labute approximate surface area is 99.4 Å². The number of hydrogen-bond donors (Lipinski definition) is 1. The molecule has 0 spiro atoms. The highest BCUT2D eigenvalue weighted by atomic mass is 32.2. The van der Waals surface area contributed by atoms with E-state index in [1.165, 1.54) is 11.5 Å². The van der Waals surface area contributed by atoms with Gasteiger partial charge < -0.3 is 5.11 Å². The summed E-state index contributed by atoms with van der Waals surface area (Å²) in [7, 11) is 0. The molecule has 0 aromatic rings. The molecule has 0 aliphatic carbocycles. The van der Waals surface area contributed by atoms with Crippen molar-refractivity contribution < 1.29 is 5.11 Å². The van der Waals surface area contributed by atoms with E-state index in [0.29, 0.717) is 6.04 Å². The fraction of sp³-hybridized carbons (Fsp3) is 1.00. The first-order valence-electron chi connectivity index (χ1n) is 5.93. The third kappa shape index (κ3) is 9.21. The monoisotopic (exact) mass is 233 g/mol. The summed E-state index contributed by atoms with van der Waals surface area (Å²) in [5, 5.41) is 9.37. The standard InChI is InChI=1S/C12H27NOS/c1-10(2)9-15-7-6-13(11(3)4)8-12(5)14/h10-12,14H,6-9H2,1-5H3. The van der Waals surface area contributed by atoms with Crippen LogP contribution in [-0.4, -0.2) is 46.7 Å². The zero-order valence-corrected chi connectivity index (χ0v) is 11.7. The van der Waals surface area contributed by atoms with Crippen molar-refractivity contribution in [2.24, 2.45) is 5.92 Å². The van der Waals surface area contributed by atoms with Crippen molar-refractivity contribution in [3.8, 4) is 0 Å². The van der Waals surface area contributed by atoms with Crippen LogP contribution in [0, 0.1) is 5.92 Å². The van der Waals surface area contributed by atoms with Gasteiger partial charge in [0.15, 0.2) is 0 Å². The van der Waals surface area contributed by atoms with Crippen LogP contribution in [0.1, 0.15) is 34.6 Å². The molecule has 0 saturated carbocycles. The zero-order chi connectivity index (χ0) is 11.8. The molecule has 0 bridgehead atoms. The third-order valence-electron chi connectivity index (χ3n) is 2.20. The molecule has 0 heterocycles. The van der Waals surface area contributed by atoms with Crippen LogP contribution in [0.15, 0.2) is 0 Å². The number of aliphatic hydroxyl groups excluding tert-OH is 1. The number of thioether (sulfide) groups is 1. The molecule has 0 saturated heterocycles. The summed E-state index contributed by atoms with van der Waals surface area (Å²) in [4.78, 5) is 2.35. The minimum Gasteiger partial charge on any atom is -0.392 e. The van der Waals surface area contributed by atoms with Gasteiger partial charge >= 0.3 is 0 Å². The molecule has 1 N–H and O–H groups in total. The second kappa shape index (κ2) is 8.43. The lowest BCUT2D eigenvalue weighted by molar-refractivity contribution is 0.112. The minimum atomic E-state index is -0.220. The van der Waals surface area contributed by atoms with E-state index in [1.54, 1.807) is 0 Å². The highest BCUT2D eigenvalue weighted by molar-refractivity contribution is 7.99. The first kappa shape index (κ1) is 15.3. The second-order valence-electron chi connectivity index (χ2n) is 4.91. The van der Waals surface area contributed by atoms with Gasteiger partial charge in [0.2, 0.25) is 0 Å². The molecule has 3 heteroatoms. The van der Waals surface area contributed by atoms with Gasteiger partial charge in [-0.2, -0.15) is 11.8 Å². The van der Waals surface area contributed by atoms with E-state index in [2.05, 4.69) is 32.6 Å². The van der Waals surface area contributed by atoms with Gasteiger partial charge in [0.05, 0.1) is 6.10 Å². The molecule has 1 atom stereocenters. The van der Waals surface area contributed by atoms with Crippen LogP contribution < -0.4 is 0 Å². The molecular weight excluding hydrogens is 206 g/mol. The van der Waals surface area contributed by atoms with Gasteiger partial charge in [-0.3, -0.25) is 4.90 Å². The van der Waals surface area contributed by atoms with Crippen molar-refractivity contribution >= 4 is 11.8 Å². The van der Waals surface area contributed by atoms with Gasteiger partial charge in [-0.25, -0.2) is 0 Å². The molecule has 92 valence electrons. The summed E-state index contributed by atoms with van der Waals surface area (Å²) in [6.45, 7) is 12.6. The quantitative estimate of drug-likeness (QED) is 0.652. The van der Waals surface area contributed by atoms with Crippen molar-refractivity contribution in [1.29, 1.82) is 0 Å². The predicted octanol–water partition coefficient (Wildman–Crippen LogP) is 2.47. The maximum absolute atomic E-state index is 9.37. The second-order valence-corrected chi connectivity index (χ2v) is 6.06. The van der Waals surface area contributed by atoms with Crippen molar-refractivity contribution in [3.05, 3.63) is 0 Å². The Morgan fingerprint density at radius 2 is 1.73 bits per heavy atom. The summed E-state index contributed by atoms with van der Waals surface area (Å²) in [5.74, 6) is 3.18. The third-order valence-corrected chi connectivity index (χ3v) is 3.58. The minimum absolute atomic E-state index is 0.220. The van der Waals surface area contributed by atoms with E-state index >= 15 is 0 Å². The lowest BCUT2D eigenvalue weighted by atomic mass is 10.3. The van der Waals surface area contributed by atoms with E-state index in [-0.39, 0.29) is 6.10 Å². The molecule has 15 heavy (non-hydrogen) atoms. The SMILES string of the molecule is CC(C)CSCCN(CC(C)O)C(C)C. The Morgan fingerprint density at radius 1 is 1.13 bits per heavy atom. The molecule has 0 aliphatic rings. The summed E-state index contributed by atoms with van der Waals surface area (Å²) < 4.78 is 0. The molecule has 0 radical (unpaired) electrons. The van der Waals surface area contributed by atoms with E-state index in [4.69, 9.17) is 0 Å². The fourth-order valence-electron chi connectivity index (χ4n) is 1.40. The maximum atomic E-state index is 9.37. The van der Waals surface area contributed by atoms with Gasteiger partial charge in [-0.15, -0.1) is 0 Å². The molecule has 0 amide bonds. The normalized spacial score (nSPS) is 14.2. The number of hydrogen-bond acceptors (Lipinski definition) is 3. The summed E-state index contributed by atoms with van der Waals surface area (Å²) in [6, 6.07) is 0.527. The van der Waals surface area contributed by atoms with E-state index < -0.39 is 0 Å². The lowest BCUT2D eigenvalue weighted by Crippen LogP contribution is -2.38. The van der Waals surface area contributed by atoms with Crippen molar-refractivity contribution in [2.45, 2.75) is 46.8 Å². The summed E-state index contributed by atoms with van der Waals surface area (Å²) in [5.41, 5.74) is 0. The van der Waals surface area contributed by atoms with Crippen LogP contribution in [0.25, 0.3) is 0 Å². The van der Waals surface area contributed by atoms with Gasteiger partial charge in [-0.05, 0) is 32.4 Å². The van der Waals surface area contributed by atoms with E-state index in [9.17, 15) is 5.11 Å². The van der Waals surface area contributed by atoms with Crippen molar-refractivity contribution in [3.63, 3.8) is 0 Å². The number of aliphatic hydroxyl groups is 1. The molecule has 1 unspecified atom stereocenters. The van der Waals surface area contributed by atoms with E-state index in [1.807, 2.05) is 18.7 Å². The molecule has 0 aliphatic heterocycles. The average molecular weight is 233 g/mol. The van der Waals surface area contributed by atoms with Crippen molar-refractivity contribution in [1.82, 2.24) is 4.90 Å². The largest absolute Gasteiger partial charge is 0.392 e. The van der Waals surface area contributed by atoms with Gasteiger partial charge in [-0.1, -0.05) is 13.8 Å². The average Bonchev–Trinajstić information content (AvgIpc) is 2.08. The van der Waals surface area contributed by atoms with Crippen LogP contribution in [0.2, 0.25) is 0 Å². The topological polar surface area (TPSA) is 23.5 Å². The first-order chi connectivity index (χ1) is 6.93. The molecule has 2 nitrogen and oxygen atoms in total. The van der Waals surface area contributed by atoms with Crippen LogP contribution in [0.3, 0.4) is 0 Å². The van der Waals surface area contributed by atoms with E-state index in [0.717, 1.165) is 19.0 Å². The van der Waals surface area contributed by atoms with Gasteiger partial charge in [0.25, 0.3) is 0 Å².